The summed E-state index contributed by atoms with van der Waals surface area (Å²) >= 11 is 4.66. The highest BCUT2D eigenvalue weighted by molar-refractivity contribution is 9.10. The van der Waals surface area contributed by atoms with Gasteiger partial charge in [0.2, 0.25) is 0 Å². The quantitative estimate of drug-likeness (QED) is 0.864. The van der Waals surface area contributed by atoms with E-state index in [2.05, 4.69) is 21.2 Å². The van der Waals surface area contributed by atoms with Crippen LogP contribution in [-0.2, 0) is 4.79 Å². The van der Waals surface area contributed by atoms with Crippen molar-refractivity contribution in [3.05, 3.63) is 52.3 Å². The molecule has 0 spiro atoms. The highest BCUT2D eigenvalue weighted by Gasteiger charge is 2.30. The monoisotopic (exact) mass is 353 g/mol. The van der Waals surface area contributed by atoms with Gasteiger partial charge in [-0.2, -0.15) is 0 Å². The summed E-state index contributed by atoms with van der Waals surface area (Å²) in [6, 6.07) is 10.2. The highest BCUT2D eigenvalue weighted by Crippen LogP contribution is 2.40. The Balaban J connectivity index is 1.99. The summed E-state index contributed by atoms with van der Waals surface area (Å²) in [7, 11) is 0. The third-order valence-corrected chi connectivity index (χ3v) is 5.02. The van der Waals surface area contributed by atoms with Crippen molar-refractivity contribution >= 4 is 39.3 Å². The molecule has 0 aromatic heterocycles. The zero-order chi connectivity index (χ0) is 14.3. The van der Waals surface area contributed by atoms with E-state index >= 15 is 0 Å². The minimum Gasteiger partial charge on any atom is -0.378 e. The van der Waals surface area contributed by atoms with Crippen LogP contribution < -0.4 is 5.32 Å². The van der Waals surface area contributed by atoms with Crippen LogP contribution in [0.1, 0.15) is 11.7 Å². The van der Waals surface area contributed by atoms with Crippen molar-refractivity contribution in [3.63, 3.8) is 0 Å². The van der Waals surface area contributed by atoms with Gasteiger partial charge in [0.1, 0.15) is 5.82 Å². The molecule has 0 saturated carbocycles. The van der Waals surface area contributed by atoms with Gasteiger partial charge in [0.15, 0.2) is 6.10 Å². The molecule has 2 aromatic rings. The Morgan fingerprint density at radius 2 is 2.00 bits per heavy atom. The van der Waals surface area contributed by atoms with Crippen molar-refractivity contribution < 1.29 is 14.3 Å². The number of hydrogen-bond donors (Lipinski definition) is 2. The molecule has 0 fully saturated rings. The van der Waals surface area contributed by atoms with Gasteiger partial charge in [-0.3, -0.25) is 4.79 Å². The molecule has 1 amide bonds. The predicted molar refractivity (Wildman–Crippen MR) is 78.3 cm³/mol. The molecule has 0 aliphatic carbocycles. The molecule has 6 heteroatoms. The van der Waals surface area contributed by atoms with Crippen molar-refractivity contribution in [2.45, 2.75) is 15.9 Å². The topological polar surface area (TPSA) is 49.3 Å². The summed E-state index contributed by atoms with van der Waals surface area (Å²) in [5.74, 6) is -0.984. The van der Waals surface area contributed by atoms with E-state index in [1.807, 2.05) is 24.3 Å². The summed E-state index contributed by atoms with van der Waals surface area (Å²) < 4.78 is 14.9. The van der Waals surface area contributed by atoms with E-state index in [9.17, 15) is 14.3 Å². The molecule has 0 saturated heterocycles. The maximum atomic E-state index is 14.1. The summed E-state index contributed by atoms with van der Waals surface area (Å²) in [4.78, 5) is 12.6. The average molecular weight is 354 g/mol. The number of hydrogen-bond acceptors (Lipinski definition) is 3. The minimum atomic E-state index is -1.29. The van der Waals surface area contributed by atoms with Gasteiger partial charge in [0.25, 0.3) is 5.91 Å². The molecule has 0 bridgehead atoms. The van der Waals surface area contributed by atoms with Gasteiger partial charge < -0.3 is 10.4 Å². The second-order valence-corrected chi connectivity index (χ2v) is 6.23. The van der Waals surface area contributed by atoms with Crippen molar-refractivity contribution in [2.75, 3.05) is 5.32 Å². The van der Waals surface area contributed by atoms with E-state index in [1.165, 1.54) is 17.8 Å². The molecule has 1 aliphatic heterocycles. The maximum absolute atomic E-state index is 14.1. The number of aliphatic hydroxyl groups excluding tert-OH is 1. The van der Waals surface area contributed by atoms with Gasteiger partial charge in [-0.15, -0.1) is 0 Å². The second-order valence-electron chi connectivity index (χ2n) is 4.29. The molecule has 3 nitrogen and oxygen atoms in total. The molecule has 2 N–H and O–H groups in total. The van der Waals surface area contributed by atoms with Crippen molar-refractivity contribution in [3.8, 4) is 0 Å². The van der Waals surface area contributed by atoms with E-state index in [4.69, 9.17) is 0 Å². The minimum absolute atomic E-state index is 0.281. The lowest BCUT2D eigenvalue weighted by atomic mass is 10.1. The van der Waals surface area contributed by atoms with Crippen LogP contribution in [0.3, 0.4) is 0 Å². The second kappa shape index (κ2) is 5.20. The van der Waals surface area contributed by atoms with Gasteiger partial charge in [0.05, 0.1) is 4.90 Å². The lowest BCUT2D eigenvalue weighted by molar-refractivity contribution is -0.123. The Bertz CT molecular complexity index is 708. The van der Waals surface area contributed by atoms with Gasteiger partial charge in [-0.05, 0) is 40.2 Å². The predicted octanol–water partition coefficient (Wildman–Crippen LogP) is 3.72. The molecule has 0 radical (unpaired) electrons. The van der Waals surface area contributed by atoms with E-state index in [-0.39, 0.29) is 5.56 Å². The van der Waals surface area contributed by atoms with Crippen LogP contribution in [0, 0.1) is 5.82 Å². The largest absolute Gasteiger partial charge is 0.378 e. The Labute approximate surface area is 127 Å². The molecule has 1 atom stereocenters. The molecular weight excluding hydrogens is 345 g/mol. The van der Waals surface area contributed by atoms with E-state index in [0.717, 1.165) is 9.37 Å². The van der Waals surface area contributed by atoms with Gasteiger partial charge in [-0.1, -0.05) is 23.9 Å². The number of benzene rings is 2. The summed E-state index contributed by atoms with van der Waals surface area (Å²) in [6.07, 6.45) is -1.29. The number of fused-ring (bicyclic) bond motifs is 1. The standard InChI is InChI=1S/C14H9BrFNO2S/c15-8-3-1-2-4-11(8)20-12-6-10-7(5-9(12)16)13(18)14(19)17-10/h1-6,13,18H,(H,17,19). The molecule has 3 rings (SSSR count). The number of nitrogens with one attached hydrogen (secondary N) is 1. The van der Waals surface area contributed by atoms with Crippen molar-refractivity contribution in [1.82, 2.24) is 0 Å². The lowest BCUT2D eigenvalue weighted by Crippen LogP contribution is -2.10. The fraction of sp³-hybridized carbons (Fsp3) is 0.0714. The first-order chi connectivity index (χ1) is 9.56. The van der Waals surface area contributed by atoms with Gasteiger partial charge >= 0.3 is 0 Å². The fourth-order valence-corrected chi connectivity index (χ4v) is 3.38. The zero-order valence-corrected chi connectivity index (χ0v) is 12.5. The molecular formula is C14H9BrFNO2S. The van der Waals surface area contributed by atoms with E-state index in [1.54, 1.807) is 6.07 Å². The van der Waals surface area contributed by atoms with Crippen LogP contribution >= 0.6 is 27.7 Å². The smallest absolute Gasteiger partial charge is 0.257 e. The van der Waals surface area contributed by atoms with Crippen LogP contribution in [0.15, 0.2) is 50.7 Å². The first-order valence-corrected chi connectivity index (χ1v) is 7.42. The normalized spacial score (nSPS) is 16.9. The Kier molecular flexibility index (Phi) is 3.54. The van der Waals surface area contributed by atoms with Crippen molar-refractivity contribution in [1.29, 1.82) is 0 Å². The number of halogens is 2. The van der Waals surface area contributed by atoms with Crippen LogP contribution in [0.5, 0.6) is 0 Å². The van der Waals surface area contributed by atoms with E-state index < -0.39 is 17.8 Å². The first-order valence-electron chi connectivity index (χ1n) is 5.81. The van der Waals surface area contributed by atoms with Gasteiger partial charge in [0, 0.05) is 20.6 Å². The molecule has 1 heterocycles. The summed E-state index contributed by atoms with van der Waals surface area (Å²) in [6.45, 7) is 0. The zero-order valence-electron chi connectivity index (χ0n) is 10.1. The molecule has 1 unspecified atom stereocenters. The molecule has 102 valence electrons. The number of aliphatic hydroxyl groups is 1. The van der Waals surface area contributed by atoms with Gasteiger partial charge in [-0.25, -0.2) is 4.39 Å². The third kappa shape index (κ3) is 2.34. The molecule has 20 heavy (non-hydrogen) atoms. The lowest BCUT2D eigenvalue weighted by Gasteiger charge is -2.08. The Morgan fingerprint density at radius 3 is 2.75 bits per heavy atom. The van der Waals surface area contributed by atoms with Crippen LogP contribution in [0.2, 0.25) is 0 Å². The van der Waals surface area contributed by atoms with E-state index in [0.29, 0.717) is 10.6 Å². The molecule has 2 aromatic carbocycles. The summed E-state index contributed by atoms with van der Waals surface area (Å²) in [5.41, 5.74) is 0.738. The summed E-state index contributed by atoms with van der Waals surface area (Å²) in [5, 5.41) is 12.1. The Hall–Kier alpha value is -1.37. The number of carbonyl (C=O) groups is 1. The molecule has 1 aliphatic rings. The Morgan fingerprint density at radius 1 is 1.25 bits per heavy atom. The first kappa shape index (κ1) is 13.6. The number of carbonyl (C=O) groups excluding carboxylic acids is 1. The van der Waals surface area contributed by atoms with Crippen LogP contribution in [0.25, 0.3) is 0 Å². The maximum Gasteiger partial charge on any atom is 0.257 e. The highest BCUT2D eigenvalue weighted by atomic mass is 79.9. The fourth-order valence-electron chi connectivity index (χ4n) is 1.97. The van der Waals surface area contributed by atoms with Crippen LogP contribution in [0.4, 0.5) is 10.1 Å². The SMILES string of the molecule is O=C1Nc2cc(Sc3ccccc3Br)c(F)cc2C1O. The number of amides is 1. The van der Waals surface area contributed by atoms with Crippen molar-refractivity contribution in [2.24, 2.45) is 0 Å². The average Bonchev–Trinajstić information content (AvgIpc) is 2.69. The van der Waals surface area contributed by atoms with Crippen LogP contribution in [-0.4, -0.2) is 11.0 Å². The number of rotatable bonds is 2. The third-order valence-electron chi connectivity index (χ3n) is 2.96. The number of anilines is 1.